The number of carbonyl (C=O) groups excluding carboxylic acids is 2. The van der Waals surface area contributed by atoms with Gasteiger partial charge in [0.25, 0.3) is 0 Å². The summed E-state index contributed by atoms with van der Waals surface area (Å²) in [6.45, 7) is 6.45. The van der Waals surface area contributed by atoms with E-state index in [4.69, 9.17) is 16.3 Å². The molecule has 0 saturated carbocycles. The van der Waals surface area contributed by atoms with Crippen molar-refractivity contribution < 1.29 is 14.3 Å². The number of ether oxygens (including phenoxy) is 1. The van der Waals surface area contributed by atoms with E-state index in [9.17, 15) is 9.59 Å². The lowest BCUT2D eigenvalue weighted by molar-refractivity contribution is -0.127. The van der Waals surface area contributed by atoms with E-state index in [0.29, 0.717) is 18.1 Å². The zero-order valence-electron chi connectivity index (χ0n) is 17.9. The van der Waals surface area contributed by atoms with Crippen LogP contribution in [0.25, 0.3) is 0 Å². The molecule has 2 atom stereocenters. The number of nitrogens with zero attached hydrogens (tertiary/aromatic N) is 3. The monoisotopic (exact) mass is 432 g/mol. The van der Waals surface area contributed by atoms with E-state index in [1.165, 1.54) is 0 Å². The highest BCUT2D eigenvalue weighted by Gasteiger charge is 2.32. The van der Waals surface area contributed by atoms with E-state index in [0.717, 1.165) is 24.2 Å². The molecule has 30 heavy (non-hydrogen) atoms. The molecule has 1 aromatic heterocycles. The molecule has 1 aliphatic rings. The number of halogens is 1. The summed E-state index contributed by atoms with van der Waals surface area (Å²) >= 11 is 6.03. The Bertz CT molecular complexity index is 889. The molecule has 0 spiro atoms. The third-order valence-electron chi connectivity index (χ3n) is 5.05. The van der Waals surface area contributed by atoms with Crippen molar-refractivity contribution in [1.29, 1.82) is 0 Å². The van der Waals surface area contributed by atoms with Gasteiger partial charge in [0.15, 0.2) is 0 Å². The van der Waals surface area contributed by atoms with Crippen LogP contribution in [0.5, 0.6) is 0 Å². The van der Waals surface area contributed by atoms with Crippen LogP contribution in [0, 0.1) is 5.92 Å². The molecule has 8 heteroatoms. The standard InChI is InChI=1S/C22H29ClN4O3/c1-22(2,3)30-21(29)27-12-5-6-16(14-27)20(28)25-18(19-24-11-13-26(19)4)15-7-9-17(23)10-8-15/h7-11,13,16,18H,5-6,12,14H2,1-4H3,(H,25,28)/t16-,18-/m0/s1. The van der Waals surface area contributed by atoms with Gasteiger partial charge >= 0.3 is 6.09 Å². The zero-order chi connectivity index (χ0) is 21.9. The van der Waals surface area contributed by atoms with Crippen molar-refractivity contribution in [1.82, 2.24) is 19.8 Å². The summed E-state index contributed by atoms with van der Waals surface area (Å²) in [6, 6.07) is 6.95. The van der Waals surface area contributed by atoms with E-state index < -0.39 is 11.6 Å². The summed E-state index contributed by atoms with van der Waals surface area (Å²) in [5, 5.41) is 3.76. The Hall–Kier alpha value is -2.54. The third-order valence-corrected chi connectivity index (χ3v) is 5.30. The van der Waals surface area contributed by atoms with Gasteiger partial charge in [-0.25, -0.2) is 9.78 Å². The molecule has 3 rings (SSSR count). The molecule has 1 saturated heterocycles. The fourth-order valence-corrected chi connectivity index (χ4v) is 3.68. The topological polar surface area (TPSA) is 76.5 Å². The van der Waals surface area contributed by atoms with Crippen LogP contribution in [-0.4, -0.2) is 45.1 Å². The molecular formula is C22H29ClN4O3. The van der Waals surface area contributed by atoms with Crippen molar-refractivity contribution in [2.75, 3.05) is 13.1 Å². The van der Waals surface area contributed by atoms with Crippen LogP contribution in [0.3, 0.4) is 0 Å². The Labute approximate surface area is 182 Å². The zero-order valence-corrected chi connectivity index (χ0v) is 18.6. The molecule has 7 nitrogen and oxygen atoms in total. The highest BCUT2D eigenvalue weighted by molar-refractivity contribution is 6.30. The summed E-state index contributed by atoms with van der Waals surface area (Å²) in [4.78, 5) is 31.6. The van der Waals surface area contributed by atoms with Gasteiger partial charge < -0.3 is 19.5 Å². The number of piperidine rings is 1. The number of aryl methyl sites for hydroxylation is 1. The van der Waals surface area contributed by atoms with Crippen molar-refractivity contribution >= 4 is 23.6 Å². The first-order chi connectivity index (χ1) is 14.1. The minimum absolute atomic E-state index is 0.105. The predicted octanol–water partition coefficient (Wildman–Crippen LogP) is 3.93. The number of rotatable bonds is 4. The number of likely N-dealkylation sites (tertiary alicyclic amines) is 1. The first-order valence-electron chi connectivity index (χ1n) is 10.1. The van der Waals surface area contributed by atoms with Gasteiger partial charge in [-0.2, -0.15) is 0 Å². The number of amides is 2. The molecule has 0 aliphatic carbocycles. The quantitative estimate of drug-likeness (QED) is 0.794. The van der Waals surface area contributed by atoms with E-state index >= 15 is 0 Å². The number of nitrogens with one attached hydrogen (secondary N) is 1. The van der Waals surface area contributed by atoms with Gasteiger partial charge in [-0.1, -0.05) is 23.7 Å². The molecule has 1 aliphatic heterocycles. The lowest BCUT2D eigenvalue weighted by Crippen LogP contribution is -2.47. The van der Waals surface area contributed by atoms with Gasteiger partial charge in [0.2, 0.25) is 5.91 Å². The summed E-state index contributed by atoms with van der Waals surface area (Å²) in [6.07, 6.45) is 4.65. The Balaban J connectivity index is 1.74. The van der Waals surface area contributed by atoms with Crippen molar-refractivity contribution in [3.05, 3.63) is 53.1 Å². The molecule has 0 bridgehead atoms. The van der Waals surface area contributed by atoms with Crippen LogP contribution < -0.4 is 5.32 Å². The van der Waals surface area contributed by atoms with Crippen LogP contribution in [0.4, 0.5) is 4.79 Å². The van der Waals surface area contributed by atoms with E-state index in [1.54, 1.807) is 23.2 Å². The van der Waals surface area contributed by atoms with Gasteiger partial charge in [-0.15, -0.1) is 0 Å². The summed E-state index contributed by atoms with van der Waals surface area (Å²) in [5.41, 5.74) is 0.325. The Morgan fingerprint density at radius 2 is 1.97 bits per heavy atom. The summed E-state index contributed by atoms with van der Waals surface area (Å²) in [5.74, 6) is 0.318. The number of hydrogen-bond acceptors (Lipinski definition) is 4. The molecular weight excluding hydrogens is 404 g/mol. The third kappa shape index (κ3) is 5.53. The second kappa shape index (κ2) is 9.08. The van der Waals surface area contributed by atoms with Crippen molar-refractivity contribution in [3.63, 3.8) is 0 Å². The van der Waals surface area contributed by atoms with Gasteiger partial charge in [-0.3, -0.25) is 4.79 Å². The molecule has 0 radical (unpaired) electrons. The first kappa shape index (κ1) is 22.2. The molecule has 2 heterocycles. The molecule has 2 aromatic rings. The van der Waals surface area contributed by atoms with Gasteiger partial charge in [0, 0.05) is 37.6 Å². The van der Waals surface area contributed by atoms with Gasteiger partial charge in [0.05, 0.1) is 5.92 Å². The minimum Gasteiger partial charge on any atom is -0.444 e. The maximum Gasteiger partial charge on any atom is 0.410 e. The maximum atomic E-state index is 13.2. The van der Waals surface area contributed by atoms with Crippen LogP contribution >= 0.6 is 11.6 Å². The number of imidazole rings is 1. The van der Waals surface area contributed by atoms with Crippen molar-refractivity contribution in [2.45, 2.75) is 45.3 Å². The summed E-state index contributed by atoms with van der Waals surface area (Å²) < 4.78 is 7.35. The first-order valence-corrected chi connectivity index (χ1v) is 10.5. The van der Waals surface area contributed by atoms with Crippen LogP contribution in [0.15, 0.2) is 36.7 Å². The SMILES string of the molecule is Cn1ccnc1[C@@H](NC(=O)[C@H]1CCCN(C(=O)OC(C)(C)C)C1)c1ccc(Cl)cc1. The summed E-state index contributed by atoms with van der Waals surface area (Å²) in [7, 11) is 1.89. The normalized spacial score (nSPS) is 18.0. The number of benzene rings is 1. The van der Waals surface area contributed by atoms with Crippen LogP contribution in [0.2, 0.25) is 5.02 Å². The van der Waals surface area contributed by atoms with Gasteiger partial charge in [-0.05, 0) is 51.3 Å². The average molecular weight is 433 g/mol. The van der Waals surface area contributed by atoms with Gasteiger partial charge in [0.1, 0.15) is 17.5 Å². The number of carbonyl (C=O) groups is 2. The average Bonchev–Trinajstić information content (AvgIpc) is 3.11. The van der Waals surface area contributed by atoms with E-state index in [2.05, 4.69) is 10.3 Å². The lowest BCUT2D eigenvalue weighted by atomic mass is 9.96. The molecule has 1 N–H and O–H groups in total. The predicted molar refractivity (Wildman–Crippen MR) is 115 cm³/mol. The fraction of sp³-hybridized carbons (Fsp3) is 0.500. The van der Waals surface area contributed by atoms with E-state index in [1.807, 2.05) is 50.7 Å². The Morgan fingerprint density at radius 3 is 2.57 bits per heavy atom. The highest BCUT2D eigenvalue weighted by atomic mass is 35.5. The molecule has 1 fully saturated rings. The lowest BCUT2D eigenvalue weighted by Gasteiger charge is -2.34. The molecule has 2 amide bonds. The van der Waals surface area contributed by atoms with Crippen molar-refractivity contribution in [2.24, 2.45) is 13.0 Å². The van der Waals surface area contributed by atoms with Crippen LogP contribution in [-0.2, 0) is 16.6 Å². The Kier molecular flexibility index (Phi) is 6.71. The van der Waals surface area contributed by atoms with Crippen molar-refractivity contribution in [3.8, 4) is 0 Å². The highest BCUT2D eigenvalue weighted by Crippen LogP contribution is 2.25. The number of hydrogen-bond donors (Lipinski definition) is 1. The Morgan fingerprint density at radius 1 is 1.27 bits per heavy atom. The fourth-order valence-electron chi connectivity index (χ4n) is 3.55. The van der Waals surface area contributed by atoms with E-state index in [-0.39, 0.29) is 17.9 Å². The minimum atomic E-state index is -0.565. The largest absolute Gasteiger partial charge is 0.444 e. The molecule has 1 aromatic carbocycles. The maximum absolute atomic E-state index is 13.2. The molecule has 162 valence electrons. The smallest absolute Gasteiger partial charge is 0.410 e. The second-order valence-corrected chi connectivity index (χ2v) is 9.09. The van der Waals surface area contributed by atoms with Crippen LogP contribution in [0.1, 0.15) is 51.0 Å². The molecule has 0 unspecified atom stereocenters. The second-order valence-electron chi connectivity index (χ2n) is 8.66. The number of aromatic nitrogens is 2.